The van der Waals surface area contributed by atoms with Crippen molar-refractivity contribution in [2.45, 2.75) is 6.10 Å². The van der Waals surface area contributed by atoms with E-state index in [4.69, 9.17) is 17.3 Å². The highest BCUT2D eigenvalue weighted by Gasteiger charge is 2.20. The number of nitrogens with one attached hydrogen (secondary N) is 3. The quantitative estimate of drug-likeness (QED) is 0.361. The highest BCUT2D eigenvalue weighted by molar-refractivity contribution is 7.80. The van der Waals surface area contributed by atoms with Crippen molar-refractivity contribution in [3.05, 3.63) is 52.5 Å². The Morgan fingerprint density at radius 3 is 2.59 bits per heavy atom. The molecule has 1 unspecified atom stereocenters. The summed E-state index contributed by atoms with van der Waals surface area (Å²) in [6.45, 7) is -0.413. The van der Waals surface area contributed by atoms with Crippen molar-refractivity contribution in [2.75, 3.05) is 13.2 Å². The molecule has 2 heterocycles. The highest BCUT2D eigenvalue weighted by Crippen LogP contribution is 2.29. The number of thiophene rings is 1. The largest absolute Gasteiger partial charge is 0.394 e. The van der Waals surface area contributed by atoms with Crippen molar-refractivity contribution in [1.29, 1.82) is 0 Å². The second-order valence-corrected chi connectivity index (χ2v) is 7.32. The first-order chi connectivity index (χ1) is 13.0. The summed E-state index contributed by atoms with van der Waals surface area (Å²) in [6, 6.07) is 10.9. The predicted octanol–water partition coefficient (Wildman–Crippen LogP) is 0.843. The topological polar surface area (TPSA) is 111 Å². The zero-order valence-electron chi connectivity index (χ0n) is 14.1. The van der Waals surface area contributed by atoms with Gasteiger partial charge in [-0.3, -0.25) is 14.9 Å². The lowest BCUT2D eigenvalue weighted by Gasteiger charge is -2.09. The van der Waals surface area contributed by atoms with Crippen molar-refractivity contribution < 1.29 is 19.8 Å². The minimum absolute atomic E-state index is 0.00884. The molecule has 1 saturated heterocycles. The first-order valence-corrected chi connectivity index (χ1v) is 9.30. The van der Waals surface area contributed by atoms with E-state index in [1.807, 2.05) is 24.3 Å². The average Bonchev–Trinajstić information content (AvgIpc) is 3.26. The molecule has 2 amide bonds. The Morgan fingerprint density at radius 1 is 1.22 bits per heavy atom. The summed E-state index contributed by atoms with van der Waals surface area (Å²) in [5.74, 6) is -0.573. The molecule has 7 nitrogen and oxygen atoms in total. The van der Waals surface area contributed by atoms with Gasteiger partial charge in [0.1, 0.15) is 5.70 Å². The van der Waals surface area contributed by atoms with Crippen molar-refractivity contribution in [1.82, 2.24) is 16.0 Å². The highest BCUT2D eigenvalue weighted by atomic mass is 32.1. The summed E-state index contributed by atoms with van der Waals surface area (Å²) in [4.78, 5) is 25.6. The molecular formula is C18H17N3O4S2. The van der Waals surface area contributed by atoms with Crippen LogP contribution in [0.25, 0.3) is 16.5 Å². The lowest BCUT2D eigenvalue weighted by molar-refractivity contribution is -0.115. The fourth-order valence-electron chi connectivity index (χ4n) is 2.37. The molecule has 0 aliphatic carbocycles. The Labute approximate surface area is 164 Å². The van der Waals surface area contributed by atoms with Crippen LogP contribution in [-0.2, 0) is 4.79 Å². The molecule has 1 fully saturated rings. The number of rotatable bonds is 6. The van der Waals surface area contributed by atoms with Crippen LogP contribution < -0.4 is 16.0 Å². The zero-order chi connectivity index (χ0) is 19.4. The molecule has 5 N–H and O–H groups in total. The van der Waals surface area contributed by atoms with Gasteiger partial charge in [-0.15, -0.1) is 11.3 Å². The Balaban J connectivity index is 1.68. The molecule has 1 atom stereocenters. The van der Waals surface area contributed by atoms with Crippen LogP contribution in [-0.4, -0.2) is 46.4 Å². The number of thiocarbonyl (C=S) groups is 1. The van der Waals surface area contributed by atoms with E-state index in [0.717, 1.165) is 15.3 Å². The van der Waals surface area contributed by atoms with Gasteiger partial charge in [0.25, 0.3) is 11.8 Å². The molecule has 140 valence electrons. The molecule has 0 spiro atoms. The fraction of sp³-hybridized carbons (Fsp3) is 0.167. The minimum Gasteiger partial charge on any atom is -0.394 e. The third-order valence-corrected chi connectivity index (χ3v) is 5.06. The molecule has 0 bridgehead atoms. The minimum atomic E-state index is -0.974. The maximum atomic E-state index is 12.0. The second-order valence-electron chi connectivity index (χ2n) is 5.79. The number of hydrogen-bond acceptors (Lipinski definition) is 6. The average molecular weight is 403 g/mol. The van der Waals surface area contributed by atoms with Crippen LogP contribution in [0.4, 0.5) is 0 Å². The van der Waals surface area contributed by atoms with E-state index in [9.17, 15) is 14.7 Å². The lowest BCUT2D eigenvalue weighted by atomic mass is 10.1. The number of benzene rings is 1. The Kier molecular flexibility index (Phi) is 5.97. The van der Waals surface area contributed by atoms with Gasteiger partial charge in [-0.2, -0.15) is 0 Å². The smallest absolute Gasteiger partial charge is 0.273 e. The van der Waals surface area contributed by atoms with Crippen LogP contribution in [0.3, 0.4) is 0 Å². The Hall–Kier alpha value is -2.59. The number of amides is 2. The molecule has 2 aromatic rings. The first-order valence-electron chi connectivity index (χ1n) is 8.07. The normalized spacial score (nSPS) is 16.1. The van der Waals surface area contributed by atoms with Crippen LogP contribution in [0.2, 0.25) is 0 Å². The SMILES string of the molecule is O=C1NC(=S)N/C1=C\c1ccc(-c2ccc(C(=O)NCC(O)CO)cc2)s1. The summed E-state index contributed by atoms with van der Waals surface area (Å²) in [6.07, 6.45) is 0.759. The fourth-order valence-corrected chi connectivity index (χ4v) is 3.53. The van der Waals surface area contributed by atoms with E-state index < -0.39 is 12.7 Å². The first kappa shape index (κ1) is 19.2. The Bertz CT molecular complexity index is 906. The van der Waals surface area contributed by atoms with Crippen LogP contribution in [0.15, 0.2) is 42.1 Å². The van der Waals surface area contributed by atoms with Gasteiger partial charge in [-0.25, -0.2) is 0 Å². The molecule has 9 heteroatoms. The predicted molar refractivity (Wildman–Crippen MR) is 107 cm³/mol. The van der Waals surface area contributed by atoms with Crippen molar-refractivity contribution in [3.8, 4) is 10.4 Å². The molecule has 0 saturated carbocycles. The van der Waals surface area contributed by atoms with E-state index in [1.54, 1.807) is 18.2 Å². The molecule has 3 rings (SSSR count). The van der Waals surface area contributed by atoms with E-state index in [0.29, 0.717) is 16.4 Å². The van der Waals surface area contributed by atoms with Gasteiger partial charge < -0.3 is 20.8 Å². The van der Waals surface area contributed by atoms with Gasteiger partial charge in [0.15, 0.2) is 5.11 Å². The van der Waals surface area contributed by atoms with E-state index in [2.05, 4.69) is 16.0 Å². The summed E-state index contributed by atoms with van der Waals surface area (Å²) in [7, 11) is 0. The molecule has 1 aliphatic rings. The number of hydrogen-bond donors (Lipinski definition) is 5. The van der Waals surface area contributed by atoms with Gasteiger partial charge in [-0.05, 0) is 48.1 Å². The molecule has 0 radical (unpaired) electrons. The summed E-state index contributed by atoms with van der Waals surface area (Å²) >= 11 is 6.41. The molecule has 1 aromatic heterocycles. The van der Waals surface area contributed by atoms with Crippen LogP contribution in [0, 0.1) is 0 Å². The molecular weight excluding hydrogens is 386 g/mol. The summed E-state index contributed by atoms with van der Waals surface area (Å²) in [5.41, 5.74) is 1.81. The lowest BCUT2D eigenvalue weighted by Crippen LogP contribution is -2.33. The van der Waals surface area contributed by atoms with Gasteiger partial charge in [0, 0.05) is 21.9 Å². The van der Waals surface area contributed by atoms with Crippen LogP contribution in [0.5, 0.6) is 0 Å². The van der Waals surface area contributed by atoms with E-state index in [-0.39, 0.29) is 18.4 Å². The molecule has 1 aliphatic heterocycles. The third-order valence-electron chi connectivity index (χ3n) is 3.77. The number of carbonyl (C=O) groups excluding carboxylic acids is 2. The van der Waals surface area contributed by atoms with Gasteiger partial charge in [-0.1, -0.05) is 12.1 Å². The van der Waals surface area contributed by atoms with Gasteiger partial charge in [0.2, 0.25) is 0 Å². The third kappa shape index (κ3) is 4.77. The zero-order valence-corrected chi connectivity index (χ0v) is 15.7. The van der Waals surface area contributed by atoms with E-state index >= 15 is 0 Å². The molecule has 27 heavy (non-hydrogen) atoms. The maximum absolute atomic E-state index is 12.0. The Morgan fingerprint density at radius 2 is 1.96 bits per heavy atom. The van der Waals surface area contributed by atoms with Crippen LogP contribution >= 0.6 is 23.6 Å². The number of aliphatic hydroxyl groups excluding tert-OH is 2. The van der Waals surface area contributed by atoms with Crippen molar-refractivity contribution in [2.24, 2.45) is 0 Å². The maximum Gasteiger partial charge on any atom is 0.273 e. The number of aliphatic hydroxyl groups is 2. The monoisotopic (exact) mass is 403 g/mol. The van der Waals surface area contributed by atoms with Gasteiger partial charge >= 0.3 is 0 Å². The van der Waals surface area contributed by atoms with Crippen LogP contribution in [0.1, 0.15) is 15.2 Å². The van der Waals surface area contributed by atoms with Crippen molar-refractivity contribution in [3.63, 3.8) is 0 Å². The number of carbonyl (C=O) groups is 2. The van der Waals surface area contributed by atoms with E-state index in [1.165, 1.54) is 11.3 Å². The van der Waals surface area contributed by atoms with Gasteiger partial charge in [0.05, 0.1) is 12.7 Å². The summed E-state index contributed by atoms with van der Waals surface area (Å²) < 4.78 is 0. The summed E-state index contributed by atoms with van der Waals surface area (Å²) in [5, 5.41) is 26.2. The molecule has 1 aromatic carbocycles. The van der Waals surface area contributed by atoms with Crippen molar-refractivity contribution >= 4 is 46.6 Å². The second kappa shape index (κ2) is 8.40. The standard InChI is InChI=1S/C18H17N3O4S2/c22-9-12(23)8-19-16(24)11-3-1-10(2-4-11)15-6-5-13(27-15)7-14-17(25)21-18(26)20-14/h1-7,12,22-23H,8-9H2,(H,19,24)(H2,20,21,25,26)/b14-7-.